The van der Waals surface area contributed by atoms with Crippen LogP contribution in [0.25, 0.3) is 6.08 Å². The summed E-state index contributed by atoms with van der Waals surface area (Å²) in [6, 6.07) is 10.2. The second kappa shape index (κ2) is 11.8. The van der Waals surface area contributed by atoms with E-state index in [1.54, 1.807) is 24.3 Å². The highest BCUT2D eigenvalue weighted by Crippen LogP contribution is 2.24. The van der Waals surface area contributed by atoms with E-state index in [1.807, 2.05) is 13.0 Å². The lowest BCUT2D eigenvalue weighted by molar-refractivity contribution is -0.274. The molecule has 6 nitrogen and oxygen atoms in total. The zero-order valence-corrected chi connectivity index (χ0v) is 20.7. The quantitative estimate of drug-likeness (QED) is 0.354. The Balaban J connectivity index is 1.49. The summed E-state index contributed by atoms with van der Waals surface area (Å²) in [6.07, 6.45) is -0.363. The van der Waals surface area contributed by atoms with Crippen molar-refractivity contribution in [2.45, 2.75) is 32.2 Å². The van der Waals surface area contributed by atoms with Crippen molar-refractivity contribution in [3.05, 3.63) is 69.7 Å². The van der Waals surface area contributed by atoms with Crippen molar-refractivity contribution in [2.75, 3.05) is 13.1 Å². The maximum Gasteiger partial charge on any atom is 0.573 e. The van der Waals surface area contributed by atoms with Crippen molar-refractivity contribution in [3.63, 3.8) is 0 Å². The molecule has 11 heteroatoms. The summed E-state index contributed by atoms with van der Waals surface area (Å²) in [7, 11) is 0. The van der Waals surface area contributed by atoms with Gasteiger partial charge in [-0.15, -0.1) is 13.2 Å². The molecular weight excluding hydrogens is 520 g/mol. The first-order valence-corrected chi connectivity index (χ1v) is 11.8. The van der Waals surface area contributed by atoms with Crippen LogP contribution in [-0.2, 0) is 20.8 Å². The molecule has 2 amide bonds. The van der Waals surface area contributed by atoms with Crippen LogP contribution in [0.3, 0.4) is 0 Å². The van der Waals surface area contributed by atoms with E-state index in [9.17, 15) is 27.6 Å². The number of ether oxygens (including phenoxy) is 1. The van der Waals surface area contributed by atoms with Crippen LogP contribution in [0.2, 0.25) is 10.0 Å². The van der Waals surface area contributed by atoms with Gasteiger partial charge in [-0.3, -0.25) is 14.4 Å². The van der Waals surface area contributed by atoms with Crippen LogP contribution >= 0.6 is 23.2 Å². The molecule has 0 radical (unpaired) electrons. The molecule has 1 heterocycles. The summed E-state index contributed by atoms with van der Waals surface area (Å²) in [5.41, 5.74) is 1.53. The van der Waals surface area contributed by atoms with E-state index in [1.165, 1.54) is 29.2 Å². The Hall–Kier alpha value is -3.04. The lowest BCUT2D eigenvalue weighted by Crippen LogP contribution is -2.40. The van der Waals surface area contributed by atoms with Crippen LogP contribution in [0.4, 0.5) is 13.2 Å². The first kappa shape index (κ1) is 27.5. The van der Waals surface area contributed by atoms with Crippen molar-refractivity contribution >= 4 is 46.9 Å². The van der Waals surface area contributed by atoms with Gasteiger partial charge in [-0.05, 0) is 55.2 Å². The topological polar surface area (TPSA) is 75.7 Å². The lowest BCUT2D eigenvalue weighted by Gasteiger charge is -2.17. The number of nitrogens with zero attached hydrogens (tertiary/aromatic N) is 1. The SMILES string of the molecule is CC(CCc1ccc(Cl)c(Cl)c1)NC(=O)C1CN(CC=Cc2ccc(OC(F)(F)F)cc2)C(=O)C1=O. The van der Waals surface area contributed by atoms with Crippen molar-refractivity contribution in [1.82, 2.24) is 10.2 Å². The third-order valence-corrected chi connectivity index (χ3v) is 6.26. The highest BCUT2D eigenvalue weighted by Gasteiger charge is 2.42. The van der Waals surface area contributed by atoms with Crippen LogP contribution in [-0.4, -0.2) is 48.0 Å². The molecule has 0 bridgehead atoms. The zero-order valence-electron chi connectivity index (χ0n) is 19.1. The molecule has 1 N–H and O–H groups in total. The van der Waals surface area contributed by atoms with Gasteiger partial charge in [-0.2, -0.15) is 0 Å². The molecule has 1 saturated heterocycles. The van der Waals surface area contributed by atoms with Crippen LogP contribution < -0.4 is 10.1 Å². The number of alkyl halides is 3. The van der Waals surface area contributed by atoms with E-state index in [-0.39, 0.29) is 24.9 Å². The van der Waals surface area contributed by atoms with E-state index in [0.717, 1.165) is 5.56 Å². The summed E-state index contributed by atoms with van der Waals surface area (Å²) in [6.45, 7) is 1.83. The number of carbonyl (C=O) groups excluding carboxylic acids is 3. The molecule has 192 valence electrons. The lowest BCUT2D eigenvalue weighted by atomic mass is 10.0. The van der Waals surface area contributed by atoms with Crippen LogP contribution in [0.15, 0.2) is 48.5 Å². The molecule has 1 aliphatic heterocycles. The van der Waals surface area contributed by atoms with Crippen molar-refractivity contribution in [2.24, 2.45) is 5.92 Å². The van der Waals surface area contributed by atoms with Gasteiger partial charge in [-0.25, -0.2) is 0 Å². The fourth-order valence-corrected chi connectivity index (χ4v) is 3.96. The number of hydrogen-bond acceptors (Lipinski definition) is 4. The molecule has 2 unspecified atom stereocenters. The monoisotopic (exact) mass is 542 g/mol. The molecule has 0 aromatic heterocycles. The summed E-state index contributed by atoms with van der Waals surface area (Å²) >= 11 is 11.9. The molecule has 2 atom stereocenters. The Morgan fingerprint density at radius 2 is 1.86 bits per heavy atom. The maximum atomic E-state index is 12.6. The Kier molecular flexibility index (Phi) is 9.03. The van der Waals surface area contributed by atoms with Crippen LogP contribution in [0.5, 0.6) is 5.75 Å². The minimum absolute atomic E-state index is 0.0499. The van der Waals surface area contributed by atoms with Gasteiger partial charge in [0.1, 0.15) is 11.7 Å². The minimum Gasteiger partial charge on any atom is -0.406 e. The number of amides is 2. The van der Waals surface area contributed by atoms with Gasteiger partial charge >= 0.3 is 6.36 Å². The van der Waals surface area contributed by atoms with Gasteiger partial charge < -0.3 is 15.0 Å². The molecule has 1 fully saturated rings. The van der Waals surface area contributed by atoms with E-state index in [0.29, 0.717) is 28.5 Å². The highest BCUT2D eigenvalue weighted by atomic mass is 35.5. The molecule has 2 aromatic rings. The van der Waals surface area contributed by atoms with E-state index in [2.05, 4.69) is 10.1 Å². The van der Waals surface area contributed by atoms with E-state index in [4.69, 9.17) is 23.2 Å². The molecular formula is C25H23Cl2F3N2O4. The second-order valence-corrected chi connectivity index (χ2v) is 9.16. The molecule has 2 aromatic carbocycles. The van der Waals surface area contributed by atoms with E-state index >= 15 is 0 Å². The average molecular weight is 543 g/mol. The second-order valence-electron chi connectivity index (χ2n) is 8.34. The van der Waals surface area contributed by atoms with Crippen molar-refractivity contribution < 1.29 is 32.3 Å². The Morgan fingerprint density at radius 3 is 2.50 bits per heavy atom. The van der Waals surface area contributed by atoms with Gasteiger partial charge in [0.05, 0.1) is 10.0 Å². The molecule has 1 aliphatic rings. The summed E-state index contributed by atoms with van der Waals surface area (Å²) in [5, 5.41) is 3.69. The maximum absolute atomic E-state index is 12.6. The molecule has 3 rings (SSSR count). The van der Waals surface area contributed by atoms with Crippen molar-refractivity contribution in [3.8, 4) is 5.75 Å². The number of Topliss-reactive ketones (excluding diaryl/α,β-unsaturated/α-hetero) is 1. The Labute approximate surface area is 216 Å². The summed E-state index contributed by atoms with van der Waals surface area (Å²) in [5.74, 6) is -3.48. The average Bonchev–Trinajstić information content (AvgIpc) is 3.09. The largest absolute Gasteiger partial charge is 0.573 e. The highest BCUT2D eigenvalue weighted by molar-refractivity contribution is 6.42. The first-order chi connectivity index (χ1) is 16.9. The summed E-state index contributed by atoms with van der Waals surface area (Å²) in [4.78, 5) is 38.6. The van der Waals surface area contributed by atoms with Gasteiger partial charge in [0.15, 0.2) is 0 Å². The number of benzene rings is 2. The first-order valence-electron chi connectivity index (χ1n) is 11.0. The molecule has 0 spiro atoms. The Morgan fingerprint density at radius 1 is 1.17 bits per heavy atom. The van der Waals surface area contributed by atoms with Gasteiger partial charge in [0.25, 0.3) is 5.91 Å². The molecule has 0 aliphatic carbocycles. The third-order valence-electron chi connectivity index (χ3n) is 5.52. The fraction of sp³-hybridized carbons (Fsp3) is 0.320. The third kappa shape index (κ3) is 7.73. The number of carbonyl (C=O) groups is 3. The van der Waals surface area contributed by atoms with Gasteiger partial charge in [0, 0.05) is 19.1 Å². The smallest absolute Gasteiger partial charge is 0.406 e. The number of hydrogen-bond donors (Lipinski definition) is 1. The number of rotatable bonds is 9. The van der Waals surface area contributed by atoms with Crippen LogP contribution in [0.1, 0.15) is 24.5 Å². The number of halogens is 5. The zero-order chi connectivity index (χ0) is 26.5. The predicted molar refractivity (Wildman–Crippen MR) is 130 cm³/mol. The number of nitrogens with one attached hydrogen (secondary N) is 1. The predicted octanol–water partition coefficient (Wildman–Crippen LogP) is 5.07. The number of aryl methyl sites for hydroxylation is 1. The van der Waals surface area contributed by atoms with Gasteiger partial charge in [0.2, 0.25) is 11.7 Å². The molecule has 36 heavy (non-hydrogen) atoms. The minimum atomic E-state index is -4.77. The Bertz CT molecular complexity index is 1150. The molecule has 0 saturated carbocycles. The van der Waals surface area contributed by atoms with E-state index < -0.39 is 29.9 Å². The van der Waals surface area contributed by atoms with Gasteiger partial charge in [-0.1, -0.05) is 53.6 Å². The van der Waals surface area contributed by atoms with Crippen molar-refractivity contribution in [1.29, 1.82) is 0 Å². The normalized spacial score (nSPS) is 17.1. The number of ketones is 1. The summed E-state index contributed by atoms with van der Waals surface area (Å²) < 4.78 is 40.5. The van der Waals surface area contributed by atoms with Crippen LogP contribution in [0, 0.1) is 5.92 Å². The number of likely N-dealkylation sites (tertiary alicyclic amines) is 1. The fourth-order valence-electron chi connectivity index (χ4n) is 3.64. The standard InChI is InChI=1S/C25H23Cl2F3N2O4/c1-15(4-5-17-8-11-20(26)21(27)13-17)31-23(34)19-14-32(24(35)22(19)33)12-2-3-16-6-9-18(10-7-16)36-25(28,29)30/h2-3,6-11,13,15,19H,4-5,12,14H2,1H3,(H,31,34).